The molecule has 0 radical (unpaired) electrons. The lowest BCUT2D eigenvalue weighted by Gasteiger charge is -2.10. The van der Waals surface area contributed by atoms with Crippen molar-refractivity contribution in [1.29, 1.82) is 5.26 Å². The number of nitrogens with zero attached hydrogens (tertiary/aromatic N) is 5. The first-order valence-electron chi connectivity index (χ1n) is 16.6. The van der Waals surface area contributed by atoms with Gasteiger partial charge in [-0.15, -0.1) is 11.3 Å². The first-order valence-corrected chi connectivity index (χ1v) is 17.4. The quantitative estimate of drug-likeness (QED) is 0.176. The molecule has 0 N–H and O–H groups in total. The predicted molar refractivity (Wildman–Crippen MR) is 208 cm³/mol. The van der Waals surface area contributed by atoms with Gasteiger partial charge in [0.2, 0.25) is 0 Å². The van der Waals surface area contributed by atoms with Crippen LogP contribution in [0.15, 0.2) is 164 Å². The van der Waals surface area contributed by atoms with Crippen molar-refractivity contribution in [2.75, 3.05) is 0 Å². The summed E-state index contributed by atoms with van der Waals surface area (Å²) in [4.78, 5) is 20.7. The van der Waals surface area contributed by atoms with E-state index in [1.54, 1.807) is 11.3 Å². The molecule has 0 atom stereocenters. The lowest BCUT2D eigenvalue weighted by atomic mass is 9.97. The van der Waals surface area contributed by atoms with Crippen molar-refractivity contribution in [1.82, 2.24) is 19.9 Å². The van der Waals surface area contributed by atoms with E-state index < -0.39 is 0 Å². The van der Waals surface area contributed by atoms with Crippen molar-refractivity contribution in [3.05, 3.63) is 169 Å². The number of rotatable bonds is 6. The number of nitriles is 1. The molecule has 0 amide bonds. The van der Waals surface area contributed by atoms with Gasteiger partial charge in [0.25, 0.3) is 0 Å². The molecular weight excluding hydrogens is 643 g/mol. The average molecular weight is 670 g/mol. The monoisotopic (exact) mass is 669 g/mol. The van der Waals surface area contributed by atoms with Gasteiger partial charge in [0, 0.05) is 37.7 Å². The molecule has 0 aliphatic heterocycles. The van der Waals surface area contributed by atoms with Crippen LogP contribution in [0.25, 0.3) is 88.0 Å². The van der Waals surface area contributed by atoms with Gasteiger partial charge in [-0.25, -0.2) is 19.9 Å². The molecule has 5 nitrogen and oxygen atoms in total. The Morgan fingerprint density at radius 3 is 1.51 bits per heavy atom. The van der Waals surface area contributed by atoms with E-state index in [0.717, 1.165) is 70.5 Å². The van der Waals surface area contributed by atoms with E-state index in [-0.39, 0.29) is 0 Å². The molecule has 238 valence electrons. The highest BCUT2D eigenvalue weighted by Gasteiger charge is 2.22. The van der Waals surface area contributed by atoms with Gasteiger partial charge in [0.1, 0.15) is 6.07 Å². The van der Waals surface area contributed by atoms with E-state index in [1.807, 2.05) is 109 Å². The number of para-hydroxylation sites is 1. The summed E-state index contributed by atoms with van der Waals surface area (Å²) in [6.07, 6.45) is 0. The number of fused-ring (bicyclic) bond motifs is 3. The van der Waals surface area contributed by atoms with Gasteiger partial charge in [0.15, 0.2) is 17.5 Å². The molecule has 9 rings (SSSR count). The van der Waals surface area contributed by atoms with Crippen LogP contribution in [0.1, 0.15) is 5.56 Å². The highest BCUT2D eigenvalue weighted by Crippen LogP contribution is 2.45. The van der Waals surface area contributed by atoms with Crippen LogP contribution in [-0.2, 0) is 0 Å². The summed E-state index contributed by atoms with van der Waals surface area (Å²) >= 11 is 1.65. The van der Waals surface area contributed by atoms with Crippen LogP contribution in [0.5, 0.6) is 0 Å². The number of thiophene rings is 1. The minimum Gasteiger partial charge on any atom is -0.247 e. The fraction of sp³-hybridized carbons (Fsp3) is 0. The van der Waals surface area contributed by atoms with Crippen LogP contribution in [0, 0.1) is 11.3 Å². The van der Waals surface area contributed by atoms with Crippen molar-refractivity contribution >= 4 is 32.3 Å². The standard InChI is InChI=1S/C45H27N5S/c46-28-37-39-40(29-14-4-1-5-15-29)47-38-25-11-10-24-36(38)42(39)51-41(37)34-22-12-20-32(26-34)33-21-13-23-35(27-33)45-49-43(30-16-6-2-7-17-30)48-44(50-45)31-18-8-3-9-19-31/h1-27H. The van der Waals surface area contributed by atoms with E-state index in [1.165, 1.54) is 0 Å². The molecule has 0 aliphatic rings. The van der Waals surface area contributed by atoms with Crippen LogP contribution in [-0.4, -0.2) is 19.9 Å². The number of hydrogen-bond donors (Lipinski definition) is 0. The Labute approximate surface area is 298 Å². The fourth-order valence-electron chi connectivity index (χ4n) is 6.52. The largest absolute Gasteiger partial charge is 0.247 e. The van der Waals surface area contributed by atoms with E-state index >= 15 is 0 Å². The molecular formula is C45H27N5S. The van der Waals surface area contributed by atoms with E-state index in [2.05, 4.69) is 60.7 Å². The molecule has 3 aromatic heterocycles. The SMILES string of the molecule is N#Cc1c(-c2cccc(-c3cccc(-c4nc(-c5ccccc5)nc(-c5ccccc5)n4)c3)c2)sc2c1c(-c1ccccc1)nc1ccccc12. The van der Waals surface area contributed by atoms with Crippen LogP contribution >= 0.6 is 11.3 Å². The zero-order valence-electron chi connectivity index (χ0n) is 27.2. The second kappa shape index (κ2) is 12.9. The normalized spacial score (nSPS) is 11.1. The van der Waals surface area contributed by atoms with Crippen LogP contribution in [0.4, 0.5) is 0 Å². The molecule has 0 fully saturated rings. The maximum Gasteiger partial charge on any atom is 0.164 e. The smallest absolute Gasteiger partial charge is 0.164 e. The van der Waals surface area contributed by atoms with E-state index in [4.69, 9.17) is 19.9 Å². The van der Waals surface area contributed by atoms with Crippen LogP contribution in [0.3, 0.4) is 0 Å². The van der Waals surface area contributed by atoms with Crippen molar-refractivity contribution in [3.63, 3.8) is 0 Å². The second-order valence-corrected chi connectivity index (χ2v) is 13.2. The van der Waals surface area contributed by atoms with Gasteiger partial charge < -0.3 is 0 Å². The van der Waals surface area contributed by atoms with Crippen molar-refractivity contribution in [2.45, 2.75) is 0 Å². The van der Waals surface area contributed by atoms with E-state index in [9.17, 15) is 5.26 Å². The third-order valence-electron chi connectivity index (χ3n) is 8.96. The van der Waals surface area contributed by atoms with Crippen molar-refractivity contribution in [3.8, 4) is 73.1 Å². The van der Waals surface area contributed by atoms with Crippen molar-refractivity contribution < 1.29 is 0 Å². The second-order valence-electron chi connectivity index (χ2n) is 12.2. The third-order valence-corrected chi connectivity index (χ3v) is 10.2. The molecule has 51 heavy (non-hydrogen) atoms. The summed E-state index contributed by atoms with van der Waals surface area (Å²) in [6.45, 7) is 0. The Morgan fingerprint density at radius 2 is 0.902 bits per heavy atom. The number of aromatic nitrogens is 4. The summed E-state index contributed by atoms with van der Waals surface area (Å²) in [5.41, 5.74) is 9.15. The maximum atomic E-state index is 10.7. The Bertz CT molecular complexity index is 2690. The first kappa shape index (κ1) is 30.3. The topological polar surface area (TPSA) is 75.3 Å². The molecule has 0 saturated carbocycles. The minimum absolute atomic E-state index is 0.602. The number of benzene rings is 6. The summed E-state index contributed by atoms with van der Waals surface area (Å²) in [5, 5.41) is 12.6. The first-order chi connectivity index (χ1) is 25.2. The van der Waals surface area contributed by atoms with Gasteiger partial charge in [-0.05, 0) is 34.9 Å². The minimum atomic E-state index is 0.602. The Balaban J connectivity index is 1.17. The average Bonchev–Trinajstić information content (AvgIpc) is 3.62. The third kappa shape index (κ3) is 5.62. The lowest BCUT2D eigenvalue weighted by Crippen LogP contribution is -2.00. The molecule has 0 aliphatic carbocycles. The lowest BCUT2D eigenvalue weighted by molar-refractivity contribution is 1.07. The Kier molecular flexibility index (Phi) is 7.66. The van der Waals surface area contributed by atoms with Gasteiger partial charge in [-0.1, -0.05) is 146 Å². The molecule has 6 heteroatoms. The summed E-state index contributed by atoms with van der Waals surface area (Å²) in [6, 6.07) is 57.6. The van der Waals surface area contributed by atoms with Crippen LogP contribution < -0.4 is 0 Å². The molecule has 0 spiro atoms. The van der Waals surface area contributed by atoms with Gasteiger partial charge >= 0.3 is 0 Å². The fourth-order valence-corrected chi connectivity index (χ4v) is 7.80. The van der Waals surface area contributed by atoms with Crippen molar-refractivity contribution in [2.24, 2.45) is 0 Å². The zero-order chi connectivity index (χ0) is 34.1. The summed E-state index contributed by atoms with van der Waals surface area (Å²) < 4.78 is 1.07. The predicted octanol–water partition coefficient (Wildman–Crippen LogP) is 11.5. The van der Waals surface area contributed by atoms with Gasteiger partial charge in [0.05, 0.1) is 21.7 Å². The molecule has 9 aromatic rings. The summed E-state index contributed by atoms with van der Waals surface area (Å²) in [7, 11) is 0. The molecule has 3 heterocycles. The summed E-state index contributed by atoms with van der Waals surface area (Å²) in [5.74, 6) is 1.85. The highest BCUT2D eigenvalue weighted by atomic mass is 32.1. The number of pyridine rings is 1. The van der Waals surface area contributed by atoms with Gasteiger partial charge in [-0.3, -0.25) is 0 Å². The Morgan fingerprint density at radius 1 is 0.431 bits per heavy atom. The Hall–Kier alpha value is -6.81. The molecule has 0 saturated heterocycles. The molecule has 6 aromatic carbocycles. The zero-order valence-corrected chi connectivity index (χ0v) is 28.0. The molecule has 0 bridgehead atoms. The maximum absolute atomic E-state index is 10.7. The molecule has 0 unspecified atom stereocenters. The number of hydrogen-bond acceptors (Lipinski definition) is 6. The van der Waals surface area contributed by atoms with Crippen LogP contribution in [0.2, 0.25) is 0 Å². The van der Waals surface area contributed by atoms with E-state index in [0.29, 0.717) is 23.0 Å². The van der Waals surface area contributed by atoms with Gasteiger partial charge in [-0.2, -0.15) is 5.26 Å². The highest BCUT2D eigenvalue weighted by molar-refractivity contribution is 7.23.